The zero-order chi connectivity index (χ0) is 14.9. The van der Waals surface area contributed by atoms with E-state index < -0.39 is 16.9 Å². The Labute approximate surface area is 113 Å². The molecule has 1 aromatic rings. The first-order valence-corrected chi connectivity index (χ1v) is 5.57. The van der Waals surface area contributed by atoms with Crippen LogP contribution in [0.25, 0.3) is 6.08 Å². The molecule has 0 radical (unpaired) electrons. The third-order valence-corrected chi connectivity index (χ3v) is 2.84. The Kier molecular flexibility index (Phi) is 3.38. The molecule has 0 atom stereocenters. The van der Waals surface area contributed by atoms with Gasteiger partial charge in [0.25, 0.3) is 11.6 Å². The third kappa shape index (κ3) is 2.30. The van der Waals surface area contributed by atoms with Crippen molar-refractivity contribution in [3.05, 3.63) is 39.6 Å². The van der Waals surface area contributed by atoms with Crippen molar-refractivity contribution in [3.8, 4) is 5.75 Å². The van der Waals surface area contributed by atoms with Crippen LogP contribution in [0.1, 0.15) is 5.56 Å². The summed E-state index contributed by atoms with van der Waals surface area (Å²) >= 11 is 0. The van der Waals surface area contributed by atoms with Crippen LogP contribution in [0.4, 0.5) is 10.5 Å². The summed E-state index contributed by atoms with van der Waals surface area (Å²) in [7, 11) is 2.83. The molecule has 0 aromatic heterocycles. The first-order chi connectivity index (χ1) is 9.43. The van der Waals surface area contributed by atoms with E-state index in [9.17, 15) is 19.7 Å². The lowest BCUT2D eigenvalue weighted by atomic mass is 10.1. The molecule has 104 valence electrons. The van der Waals surface area contributed by atoms with Gasteiger partial charge in [-0.25, -0.2) is 4.79 Å². The fourth-order valence-corrected chi connectivity index (χ4v) is 1.76. The van der Waals surface area contributed by atoms with Gasteiger partial charge in [0.1, 0.15) is 11.4 Å². The Morgan fingerprint density at radius 2 is 2.10 bits per heavy atom. The van der Waals surface area contributed by atoms with E-state index in [0.717, 1.165) is 4.90 Å². The van der Waals surface area contributed by atoms with E-state index >= 15 is 0 Å². The van der Waals surface area contributed by atoms with Gasteiger partial charge in [-0.1, -0.05) is 0 Å². The Morgan fingerprint density at radius 3 is 2.60 bits per heavy atom. The fourth-order valence-electron chi connectivity index (χ4n) is 1.76. The maximum absolute atomic E-state index is 11.6. The van der Waals surface area contributed by atoms with Gasteiger partial charge in [-0.2, -0.15) is 0 Å². The summed E-state index contributed by atoms with van der Waals surface area (Å²) in [4.78, 5) is 34.4. The van der Waals surface area contributed by atoms with Gasteiger partial charge in [0.2, 0.25) is 0 Å². The number of likely N-dealkylation sites (N-methyl/N-ethyl adjacent to an activating group) is 1. The Hall–Kier alpha value is -2.90. The largest absolute Gasteiger partial charge is 0.497 e. The molecule has 0 saturated carbocycles. The summed E-state index contributed by atoms with van der Waals surface area (Å²) < 4.78 is 5.00. The van der Waals surface area contributed by atoms with Crippen molar-refractivity contribution >= 4 is 23.7 Å². The van der Waals surface area contributed by atoms with E-state index in [0.29, 0.717) is 5.75 Å². The fraction of sp³-hybridized carbons (Fsp3) is 0.167. The van der Waals surface area contributed by atoms with Gasteiger partial charge in [0.05, 0.1) is 17.6 Å². The third-order valence-electron chi connectivity index (χ3n) is 2.84. The van der Waals surface area contributed by atoms with Gasteiger partial charge < -0.3 is 4.74 Å². The number of nitro groups is 1. The molecule has 1 aliphatic heterocycles. The van der Waals surface area contributed by atoms with E-state index in [1.807, 2.05) is 0 Å². The van der Waals surface area contributed by atoms with Crippen LogP contribution in [-0.4, -0.2) is 35.9 Å². The summed E-state index contributed by atoms with van der Waals surface area (Å²) in [6.45, 7) is 0. The smallest absolute Gasteiger partial charge is 0.328 e. The van der Waals surface area contributed by atoms with Gasteiger partial charge in [0.15, 0.2) is 0 Å². The van der Waals surface area contributed by atoms with Gasteiger partial charge in [0, 0.05) is 13.1 Å². The molecular formula is C12H11N3O5. The molecule has 0 aliphatic carbocycles. The SMILES string of the molecule is COc1ccc([N+](=O)[O-])c(C=C2C(=O)NC(=O)N2C)c1. The predicted molar refractivity (Wildman–Crippen MR) is 68.9 cm³/mol. The van der Waals surface area contributed by atoms with Gasteiger partial charge in [-0.15, -0.1) is 0 Å². The summed E-state index contributed by atoms with van der Waals surface area (Å²) in [5.41, 5.74) is 0.0336. The number of rotatable bonds is 3. The zero-order valence-corrected chi connectivity index (χ0v) is 10.7. The molecule has 20 heavy (non-hydrogen) atoms. The van der Waals surface area contributed by atoms with Crippen LogP contribution in [0.3, 0.4) is 0 Å². The molecule has 1 heterocycles. The van der Waals surface area contributed by atoms with Crippen LogP contribution >= 0.6 is 0 Å². The number of nitrogens with one attached hydrogen (secondary N) is 1. The molecule has 1 saturated heterocycles. The highest BCUT2D eigenvalue weighted by Gasteiger charge is 2.30. The molecule has 1 aromatic carbocycles. The Balaban J connectivity index is 2.54. The second-order valence-corrected chi connectivity index (χ2v) is 4.03. The second kappa shape index (κ2) is 5.00. The highest BCUT2D eigenvalue weighted by atomic mass is 16.6. The van der Waals surface area contributed by atoms with Crippen molar-refractivity contribution in [2.45, 2.75) is 0 Å². The van der Waals surface area contributed by atoms with Crippen molar-refractivity contribution in [3.63, 3.8) is 0 Å². The molecule has 0 unspecified atom stereocenters. The highest BCUT2D eigenvalue weighted by molar-refractivity contribution is 6.14. The number of imide groups is 1. The first-order valence-electron chi connectivity index (χ1n) is 5.57. The first kappa shape index (κ1) is 13.5. The maximum Gasteiger partial charge on any atom is 0.328 e. The number of hydrogen-bond donors (Lipinski definition) is 1. The summed E-state index contributed by atoms with van der Waals surface area (Å²) in [6, 6.07) is 3.57. The molecule has 1 fully saturated rings. The molecule has 2 rings (SSSR count). The predicted octanol–water partition coefficient (Wildman–Crippen LogP) is 1.13. The number of benzene rings is 1. The molecule has 0 spiro atoms. The molecular weight excluding hydrogens is 266 g/mol. The summed E-state index contributed by atoms with van der Waals surface area (Å²) in [5.74, 6) is -0.190. The number of carbonyl (C=O) groups excluding carboxylic acids is 2. The number of carbonyl (C=O) groups is 2. The lowest BCUT2D eigenvalue weighted by Gasteiger charge is -2.07. The molecule has 1 aliphatic rings. The number of ether oxygens (including phenoxy) is 1. The highest BCUT2D eigenvalue weighted by Crippen LogP contribution is 2.27. The van der Waals surface area contributed by atoms with Gasteiger partial charge in [-0.3, -0.25) is 25.1 Å². The van der Waals surface area contributed by atoms with Crippen molar-refractivity contribution in [2.75, 3.05) is 14.2 Å². The van der Waals surface area contributed by atoms with Crippen LogP contribution in [0.15, 0.2) is 23.9 Å². The lowest BCUT2D eigenvalue weighted by molar-refractivity contribution is -0.385. The van der Waals surface area contributed by atoms with Crippen molar-refractivity contribution in [1.82, 2.24) is 10.2 Å². The minimum absolute atomic E-state index is 0.0337. The number of nitrogens with zero attached hydrogens (tertiary/aromatic N) is 2. The van der Waals surface area contributed by atoms with Crippen LogP contribution < -0.4 is 10.1 Å². The van der Waals surface area contributed by atoms with E-state index in [2.05, 4.69) is 5.32 Å². The van der Waals surface area contributed by atoms with Crippen LogP contribution in [-0.2, 0) is 4.79 Å². The normalized spacial score (nSPS) is 16.5. The van der Waals surface area contributed by atoms with Gasteiger partial charge in [-0.05, 0) is 18.2 Å². The summed E-state index contributed by atoms with van der Waals surface area (Å²) in [6.07, 6.45) is 1.28. The topological polar surface area (TPSA) is 102 Å². The minimum atomic E-state index is -0.602. The van der Waals surface area contributed by atoms with E-state index in [1.54, 1.807) is 0 Å². The zero-order valence-electron chi connectivity index (χ0n) is 10.7. The average Bonchev–Trinajstić information content (AvgIpc) is 2.65. The average molecular weight is 277 g/mol. The number of urea groups is 1. The van der Waals surface area contributed by atoms with Crippen molar-refractivity contribution < 1.29 is 19.2 Å². The van der Waals surface area contributed by atoms with Crippen molar-refractivity contribution in [2.24, 2.45) is 0 Å². The standard InChI is InChI=1S/C12H11N3O5/c1-14-10(11(16)13-12(14)17)6-7-5-8(20-2)3-4-9(7)15(18)19/h3-6H,1-2H3,(H,13,16,17). The number of amides is 3. The van der Waals surface area contributed by atoms with Crippen LogP contribution in [0, 0.1) is 10.1 Å². The number of hydrogen-bond acceptors (Lipinski definition) is 5. The quantitative estimate of drug-likeness (QED) is 0.386. The molecule has 1 N–H and O–H groups in total. The molecule has 0 bridgehead atoms. The van der Waals surface area contributed by atoms with E-state index in [1.165, 1.54) is 38.4 Å². The summed E-state index contributed by atoms with van der Waals surface area (Å²) in [5, 5.41) is 13.1. The molecule has 3 amide bonds. The number of nitro benzene ring substituents is 1. The monoisotopic (exact) mass is 277 g/mol. The Bertz CT molecular complexity index is 638. The maximum atomic E-state index is 11.6. The number of methoxy groups -OCH3 is 1. The lowest BCUT2D eigenvalue weighted by Crippen LogP contribution is -2.24. The van der Waals surface area contributed by atoms with E-state index in [-0.39, 0.29) is 16.9 Å². The van der Waals surface area contributed by atoms with Crippen LogP contribution in [0.5, 0.6) is 5.75 Å². The molecule has 8 heteroatoms. The van der Waals surface area contributed by atoms with Crippen LogP contribution in [0.2, 0.25) is 0 Å². The molecule has 8 nitrogen and oxygen atoms in total. The van der Waals surface area contributed by atoms with E-state index in [4.69, 9.17) is 4.74 Å². The van der Waals surface area contributed by atoms with Crippen molar-refractivity contribution in [1.29, 1.82) is 0 Å². The second-order valence-electron chi connectivity index (χ2n) is 4.03. The van der Waals surface area contributed by atoms with Gasteiger partial charge >= 0.3 is 6.03 Å². The Morgan fingerprint density at radius 1 is 1.40 bits per heavy atom. The minimum Gasteiger partial charge on any atom is -0.497 e.